The molecule has 0 N–H and O–H groups in total. The number of rotatable bonds is 4. The van der Waals surface area contributed by atoms with Crippen LogP contribution in [-0.2, 0) is 4.74 Å². The number of methoxy groups -OCH3 is 1. The number of pyridine rings is 1. The molecule has 0 aliphatic carbocycles. The first-order valence-corrected chi connectivity index (χ1v) is 11.4. The Hall–Kier alpha value is -2.51. The minimum absolute atomic E-state index is 0.111. The number of carbonyl (C=O) groups is 2. The van der Waals surface area contributed by atoms with E-state index in [0.717, 1.165) is 29.8 Å². The number of benzene rings is 1. The molecule has 4 rings (SSSR count). The second-order valence-corrected chi connectivity index (χ2v) is 9.07. The van der Waals surface area contributed by atoms with Crippen molar-refractivity contribution in [2.24, 2.45) is 5.92 Å². The number of ether oxygens (including phenoxy) is 2. The van der Waals surface area contributed by atoms with Gasteiger partial charge in [0, 0.05) is 43.0 Å². The summed E-state index contributed by atoms with van der Waals surface area (Å²) in [5, 5.41) is 0.284. The van der Waals surface area contributed by atoms with Gasteiger partial charge in [0.15, 0.2) is 5.56 Å². The molecular weight excluding hydrogens is 453 g/mol. The summed E-state index contributed by atoms with van der Waals surface area (Å²) in [7, 11) is 1.63. The number of likely N-dealkylation sites (tertiary alicyclic amines) is 1. The van der Waals surface area contributed by atoms with E-state index in [1.54, 1.807) is 36.0 Å². The molecule has 0 bridgehead atoms. The van der Waals surface area contributed by atoms with Crippen molar-refractivity contribution in [3.63, 3.8) is 0 Å². The molecule has 2 unspecified atom stereocenters. The van der Waals surface area contributed by atoms with Crippen LogP contribution >= 0.6 is 23.2 Å². The van der Waals surface area contributed by atoms with E-state index in [4.69, 9.17) is 32.7 Å². The second-order valence-electron chi connectivity index (χ2n) is 8.07. The molecule has 3 heterocycles. The Bertz CT molecular complexity index is 1010. The van der Waals surface area contributed by atoms with Crippen molar-refractivity contribution < 1.29 is 19.1 Å². The third kappa shape index (κ3) is 4.64. The van der Waals surface area contributed by atoms with E-state index in [9.17, 15) is 9.59 Å². The zero-order valence-electron chi connectivity index (χ0n) is 18.0. The van der Waals surface area contributed by atoms with Crippen molar-refractivity contribution in [3.05, 3.63) is 52.8 Å². The highest BCUT2D eigenvalue weighted by Gasteiger charge is 2.39. The van der Waals surface area contributed by atoms with Gasteiger partial charge in [-0.1, -0.05) is 23.2 Å². The van der Waals surface area contributed by atoms with Gasteiger partial charge in [0.1, 0.15) is 10.9 Å². The Balaban J connectivity index is 1.55. The largest absolute Gasteiger partial charge is 0.497 e. The molecule has 0 radical (unpaired) electrons. The molecule has 1 fully saturated rings. The van der Waals surface area contributed by atoms with Crippen molar-refractivity contribution in [1.82, 2.24) is 9.88 Å². The third-order valence-electron chi connectivity index (χ3n) is 6.15. The van der Waals surface area contributed by atoms with Gasteiger partial charge in [-0.05, 0) is 61.6 Å². The molecule has 1 aromatic carbocycles. The fraction of sp³-hybridized carbons (Fsp3) is 0.435. The van der Waals surface area contributed by atoms with Gasteiger partial charge in [0.25, 0.3) is 5.91 Å². The number of fused-ring (bicyclic) bond motifs is 1. The summed E-state index contributed by atoms with van der Waals surface area (Å²) in [4.78, 5) is 33.0. The van der Waals surface area contributed by atoms with Crippen LogP contribution < -0.4 is 9.64 Å². The summed E-state index contributed by atoms with van der Waals surface area (Å²) < 4.78 is 10.6. The van der Waals surface area contributed by atoms with E-state index in [1.807, 2.05) is 18.2 Å². The van der Waals surface area contributed by atoms with Crippen LogP contribution in [-0.4, -0.2) is 54.2 Å². The van der Waals surface area contributed by atoms with Crippen LogP contribution in [0.15, 0.2) is 36.5 Å². The van der Waals surface area contributed by atoms with Crippen molar-refractivity contribution >= 4 is 40.9 Å². The number of halogens is 2. The van der Waals surface area contributed by atoms with Crippen LogP contribution in [0.5, 0.6) is 5.75 Å². The first kappa shape index (κ1) is 22.7. The molecule has 2 amide bonds. The highest BCUT2D eigenvalue weighted by Crippen LogP contribution is 2.45. The molecule has 2 atom stereocenters. The van der Waals surface area contributed by atoms with E-state index < -0.39 is 5.56 Å². The van der Waals surface area contributed by atoms with E-state index >= 15 is 0 Å². The summed E-state index contributed by atoms with van der Waals surface area (Å²) >= 11 is 11.8. The Labute approximate surface area is 197 Å². The van der Waals surface area contributed by atoms with Crippen molar-refractivity contribution in [2.45, 2.75) is 31.2 Å². The number of carbonyl (C=O) groups excluding carboxylic acids is 2. The van der Waals surface area contributed by atoms with Gasteiger partial charge >= 0.3 is 6.09 Å². The Morgan fingerprint density at radius 1 is 1.19 bits per heavy atom. The lowest BCUT2D eigenvalue weighted by Crippen LogP contribution is -2.41. The SMILES string of the molecule is COc1ccc2c(c1)C(C1CCN(C(=O)OC(C)Cl)CC1)CN2C(=O)c1ccnc(Cl)c1. The van der Waals surface area contributed by atoms with Gasteiger partial charge < -0.3 is 19.3 Å². The van der Waals surface area contributed by atoms with Crippen LogP contribution in [0.25, 0.3) is 0 Å². The number of piperidine rings is 1. The lowest BCUT2D eigenvalue weighted by molar-refractivity contribution is 0.0797. The average molecular weight is 478 g/mol. The Morgan fingerprint density at radius 3 is 2.59 bits per heavy atom. The Kier molecular flexibility index (Phi) is 6.76. The summed E-state index contributed by atoms with van der Waals surface area (Å²) in [6, 6.07) is 9.08. The van der Waals surface area contributed by atoms with Gasteiger partial charge in [-0.25, -0.2) is 9.78 Å². The van der Waals surface area contributed by atoms with Crippen molar-refractivity contribution in [3.8, 4) is 5.75 Å². The number of amides is 2. The molecule has 7 nitrogen and oxygen atoms in total. The average Bonchev–Trinajstić information content (AvgIpc) is 3.17. The number of alkyl halides is 1. The van der Waals surface area contributed by atoms with E-state index in [-0.39, 0.29) is 23.1 Å². The molecule has 0 saturated carbocycles. The first-order chi connectivity index (χ1) is 15.4. The van der Waals surface area contributed by atoms with Crippen molar-refractivity contribution in [1.29, 1.82) is 0 Å². The van der Waals surface area contributed by atoms with Gasteiger partial charge in [-0.3, -0.25) is 4.79 Å². The van der Waals surface area contributed by atoms with Gasteiger partial charge in [-0.15, -0.1) is 0 Å². The molecule has 1 saturated heterocycles. The normalized spacial score (nSPS) is 19.4. The lowest BCUT2D eigenvalue weighted by atomic mass is 9.81. The maximum Gasteiger partial charge on any atom is 0.411 e. The van der Waals surface area contributed by atoms with Crippen LogP contribution in [0, 0.1) is 5.92 Å². The Morgan fingerprint density at radius 2 is 1.94 bits per heavy atom. The van der Waals surface area contributed by atoms with Crippen LogP contribution in [0.2, 0.25) is 5.15 Å². The summed E-state index contributed by atoms with van der Waals surface area (Å²) in [5.74, 6) is 1.11. The molecule has 2 aliphatic rings. The quantitative estimate of drug-likeness (QED) is 0.461. The molecule has 2 aromatic rings. The molecule has 2 aliphatic heterocycles. The smallest absolute Gasteiger partial charge is 0.411 e. The number of hydrogen-bond donors (Lipinski definition) is 0. The number of aromatic nitrogens is 1. The zero-order valence-corrected chi connectivity index (χ0v) is 19.5. The van der Waals surface area contributed by atoms with Gasteiger partial charge in [0.05, 0.1) is 7.11 Å². The molecule has 1 aromatic heterocycles. The topological polar surface area (TPSA) is 72.0 Å². The maximum atomic E-state index is 13.3. The second kappa shape index (κ2) is 9.55. The number of anilines is 1. The molecule has 170 valence electrons. The summed E-state index contributed by atoms with van der Waals surface area (Å²) in [5.41, 5.74) is 1.82. The molecule has 0 spiro atoms. The number of hydrogen-bond acceptors (Lipinski definition) is 5. The predicted octanol–water partition coefficient (Wildman–Crippen LogP) is 4.92. The van der Waals surface area contributed by atoms with E-state index in [2.05, 4.69) is 4.98 Å². The highest BCUT2D eigenvalue weighted by molar-refractivity contribution is 6.29. The lowest BCUT2D eigenvalue weighted by Gasteiger charge is -2.34. The standard InChI is InChI=1S/C23H25Cl2N3O4/c1-14(24)32-23(30)27-9-6-15(7-10-27)19-13-28(20-4-3-17(31-2)12-18(19)20)22(29)16-5-8-26-21(25)11-16/h3-5,8,11-12,14-15,19H,6-7,9-10,13H2,1-2H3. The van der Waals surface area contributed by atoms with Crippen molar-refractivity contribution in [2.75, 3.05) is 31.6 Å². The van der Waals surface area contributed by atoms with Crippen LogP contribution in [0.3, 0.4) is 0 Å². The summed E-state index contributed by atoms with van der Waals surface area (Å²) in [6.45, 7) is 3.37. The molecule has 9 heteroatoms. The highest BCUT2D eigenvalue weighted by atomic mass is 35.5. The fourth-order valence-electron chi connectivity index (χ4n) is 4.58. The molecule has 32 heavy (non-hydrogen) atoms. The minimum Gasteiger partial charge on any atom is -0.497 e. The minimum atomic E-state index is -0.657. The van der Waals surface area contributed by atoms with E-state index in [0.29, 0.717) is 31.1 Å². The fourth-order valence-corrected chi connectivity index (χ4v) is 4.83. The first-order valence-electron chi connectivity index (χ1n) is 10.6. The van der Waals surface area contributed by atoms with E-state index in [1.165, 1.54) is 6.20 Å². The number of nitrogens with zero attached hydrogens (tertiary/aromatic N) is 3. The van der Waals surface area contributed by atoms with Crippen LogP contribution in [0.1, 0.15) is 41.6 Å². The van der Waals surface area contributed by atoms with Crippen LogP contribution in [0.4, 0.5) is 10.5 Å². The zero-order chi connectivity index (χ0) is 22.8. The van der Waals surface area contributed by atoms with Gasteiger partial charge in [-0.2, -0.15) is 0 Å². The summed E-state index contributed by atoms with van der Waals surface area (Å²) in [6.07, 6.45) is 2.78. The monoisotopic (exact) mass is 477 g/mol. The maximum absolute atomic E-state index is 13.3. The van der Waals surface area contributed by atoms with Gasteiger partial charge in [0.2, 0.25) is 0 Å². The third-order valence-corrected chi connectivity index (χ3v) is 6.45. The predicted molar refractivity (Wildman–Crippen MR) is 123 cm³/mol. The molecular formula is C23H25Cl2N3O4.